The highest BCUT2D eigenvalue weighted by Crippen LogP contribution is 2.32. The second kappa shape index (κ2) is 12.7. The molecule has 2 unspecified atom stereocenters. The second-order valence-electron chi connectivity index (χ2n) is 11.4. The third-order valence-electron chi connectivity index (χ3n) is 8.42. The van der Waals surface area contributed by atoms with Gasteiger partial charge in [0.2, 0.25) is 5.91 Å². The number of ketones is 1. The Morgan fingerprint density at radius 3 is 2.53 bits per heavy atom. The Hall–Kier alpha value is -5.29. The number of rotatable bonds is 8. The van der Waals surface area contributed by atoms with Crippen molar-refractivity contribution in [3.63, 3.8) is 0 Å². The molecule has 0 spiro atoms. The number of nitrogens with one attached hydrogen (secondary N) is 4. The highest BCUT2D eigenvalue weighted by atomic mass is 16.2. The molecule has 0 aliphatic carbocycles. The van der Waals surface area contributed by atoms with E-state index in [2.05, 4.69) is 86.0 Å². The van der Waals surface area contributed by atoms with Crippen LogP contribution in [0.25, 0.3) is 38.9 Å². The SMILES string of the molecule is C=C(NC(=NC)C1CCCN1)c1ccc2cc(-c3ccc(-c4cnc(C5CC(=O)CN5C(=O)CNC(N)=O)[nH]4)cc3)ccc2c1. The lowest BCUT2D eigenvalue weighted by Crippen LogP contribution is -2.42. The lowest BCUT2D eigenvalue weighted by atomic mass is 9.98. The molecule has 2 atom stereocenters. The molecule has 2 aliphatic rings. The van der Waals surface area contributed by atoms with Crippen LogP contribution in [-0.2, 0) is 9.59 Å². The molecule has 1 aromatic heterocycles. The van der Waals surface area contributed by atoms with Gasteiger partial charge in [-0.3, -0.25) is 14.6 Å². The van der Waals surface area contributed by atoms with Crippen LogP contribution >= 0.6 is 0 Å². The number of nitrogens with zero attached hydrogens (tertiary/aromatic N) is 3. The molecule has 3 heterocycles. The fourth-order valence-electron chi connectivity index (χ4n) is 6.01. The minimum atomic E-state index is -0.796. The smallest absolute Gasteiger partial charge is 0.312 e. The lowest BCUT2D eigenvalue weighted by Gasteiger charge is -2.22. The summed E-state index contributed by atoms with van der Waals surface area (Å²) in [6.07, 6.45) is 4.08. The molecule has 2 saturated heterocycles. The average Bonchev–Trinajstić information content (AvgIpc) is 3.83. The van der Waals surface area contributed by atoms with Crippen LogP contribution in [0, 0.1) is 0 Å². The molecule has 0 radical (unpaired) electrons. The number of aromatic amines is 1. The standard InChI is InChI=1S/C34H36N8O3/c1-20(40-32(36-2)28-4-3-13-37-28)23-9-10-26-15-24(11-12-25(26)14-23)21-5-7-22(8-6-21)29-17-38-33(41-29)30-16-27(43)19-42(30)31(44)18-39-34(35)45/h5-12,14-15,17,28,30,37H,1,3-4,13,16,18-19H2,2H3,(H,36,40)(H,38,41)(H3,35,39,45). The number of amidine groups is 1. The average molecular weight is 605 g/mol. The van der Waals surface area contributed by atoms with Gasteiger partial charge < -0.3 is 31.6 Å². The number of fused-ring (bicyclic) bond motifs is 1. The fraction of sp³-hybridized carbons (Fsp3) is 0.265. The van der Waals surface area contributed by atoms with Gasteiger partial charge in [0.25, 0.3) is 0 Å². The Morgan fingerprint density at radius 2 is 1.80 bits per heavy atom. The van der Waals surface area contributed by atoms with Crippen molar-refractivity contribution in [1.82, 2.24) is 30.8 Å². The molecule has 45 heavy (non-hydrogen) atoms. The fourth-order valence-corrected chi connectivity index (χ4v) is 6.01. The maximum Gasteiger partial charge on any atom is 0.312 e. The predicted octanol–water partition coefficient (Wildman–Crippen LogP) is 3.75. The quantitative estimate of drug-likeness (QED) is 0.152. The van der Waals surface area contributed by atoms with Crippen molar-refractivity contribution >= 4 is 40.0 Å². The van der Waals surface area contributed by atoms with Crippen LogP contribution in [0.4, 0.5) is 4.79 Å². The third kappa shape index (κ3) is 6.48. The van der Waals surface area contributed by atoms with Crippen molar-refractivity contribution in [2.24, 2.45) is 10.7 Å². The van der Waals surface area contributed by atoms with Gasteiger partial charge in [0.05, 0.1) is 37.1 Å². The van der Waals surface area contributed by atoms with Crippen LogP contribution in [0.3, 0.4) is 0 Å². The van der Waals surface area contributed by atoms with Gasteiger partial charge in [0.15, 0.2) is 5.78 Å². The van der Waals surface area contributed by atoms with Gasteiger partial charge in [-0.1, -0.05) is 55.1 Å². The Bertz CT molecular complexity index is 1800. The number of H-pyrrole nitrogens is 1. The maximum atomic E-state index is 12.6. The summed E-state index contributed by atoms with van der Waals surface area (Å²) in [7, 11) is 1.81. The largest absolute Gasteiger partial charge is 0.352 e. The summed E-state index contributed by atoms with van der Waals surface area (Å²) in [5.41, 5.74) is 10.8. The highest BCUT2D eigenvalue weighted by molar-refractivity contribution is 5.96. The van der Waals surface area contributed by atoms with Gasteiger partial charge in [-0.2, -0.15) is 0 Å². The van der Waals surface area contributed by atoms with E-state index in [9.17, 15) is 14.4 Å². The Labute approximate surface area is 261 Å². The minimum Gasteiger partial charge on any atom is -0.352 e. The number of carbonyl (C=O) groups excluding carboxylic acids is 3. The molecule has 6 rings (SSSR count). The van der Waals surface area contributed by atoms with Crippen LogP contribution in [-0.4, -0.2) is 71.1 Å². The molecule has 0 saturated carbocycles. The summed E-state index contributed by atoms with van der Waals surface area (Å²) in [6, 6.07) is 19.8. The summed E-state index contributed by atoms with van der Waals surface area (Å²) >= 11 is 0. The Balaban J connectivity index is 1.14. The number of imidazole rings is 1. The zero-order valence-corrected chi connectivity index (χ0v) is 25.1. The van der Waals surface area contributed by atoms with Gasteiger partial charge >= 0.3 is 6.03 Å². The molecule has 3 amide bonds. The number of nitrogens with two attached hydrogens (primary N) is 1. The minimum absolute atomic E-state index is 0.0276. The monoisotopic (exact) mass is 604 g/mol. The van der Waals surface area contributed by atoms with E-state index in [0.29, 0.717) is 5.82 Å². The molecule has 11 nitrogen and oxygen atoms in total. The van der Waals surface area contributed by atoms with E-state index in [4.69, 9.17) is 5.73 Å². The van der Waals surface area contributed by atoms with E-state index in [1.54, 1.807) is 6.20 Å². The Morgan fingerprint density at radius 1 is 1.07 bits per heavy atom. The Kier molecular flexibility index (Phi) is 8.43. The van der Waals surface area contributed by atoms with Gasteiger partial charge in [0.1, 0.15) is 11.7 Å². The van der Waals surface area contributed by atoms with E-state index >= 15 is 0 Å². The van der Waals surface area contributed by atoms with Crippen LogP contribution in [0.2, 0.25) is 0 Å². The first kappa shape index (κ1) is 29.8. The number of aliphatic imine (C=N–C) groups is 1. The van der Waals surface area contributed by atoms with Gasteiger partial charge in [0, 0.05) is 19.2 Å². The summed E-state index contributed by atoms with van der Waals surface area (Å²) in [4.78, 5) is 49.4. The zero-order valence-electron chi connectivity index (χ0n) is 25.1. The summed E-state index contributed by atoms with van der Waals surface area (Å²) < 4.78 is 0. The van der Waals surface area contributed by atoms with E-state index < -0.39 is 18.0 Å². The molecular weight excluding hydrogens is 568 g/mol. The van der Waals surface area contributed by atoms with Crippen molar-refractivity contribution in [1.29, 1.82) is 0 Å². The van der Waals surface area contributed by atoms with E-state index in [-0.39, 0.29) is 31.3 Å². The number of primary amides is 1. The van der Waals surface area contributed by atoms with Gasteiger partial charge in [-0.05, 0) is 64.5 Å². The molecule has 4 aromatic rings. The number of urea groups is 1. The zero-order chi connectivity index (χ0) is 31.5. The molecule has 2 fully saturated rings. The lowest BCUT2D eigenvalue weighted by molar-refractivity contribution is -0.132. The number of aromatic nitrogens is 2. The molecule has 6 N–H and O–H groups in total. The van der Waals surface area contributed by atoms with Crippen LogP contribution in [0.1, 0.15) is 36.7 Å². The summed E-state index contributed by atoms with van der Waals surface area (Å²) in [6.45, 7) is 4.97. The molecule has 3 aromatic carbocycles. The first-order chi connectivity index (χ1) is 21.8. The van der Waals surface area contributed by atoms with Crippen LogP contribution in [0.5, 0.6) is 0 Å². The topological polar surface area (TPSA) is 158 Å². The van der Waals surface area contributed by atoms with Crippen LogP contribution in [0.15, 0.2) is 78.4 Å². The number of likely N-dealkylation sites (tertiary alicyclic amines) is 1. The molecular formula is C34H36N8O3. The van der Waals surface area contributed by atoms with Crippen LogP contribution < -0.4 is 21.7 Å². The number of Topliss-reactive ketones (excluding diaryl/α,β-unsaturated/α-hetero) is 1. The highest BCUT2D eigenvalue weighted by Gasteiger charge is 2.36. The molecule has 230 valence electrons. The van der Waals surface area contributed by atoms with Crippen molar-refractivity contribution in [2.45, 2.75) is 31.3 Å². The van der Waals surface area contributed by atoms with Gasteiger partial charge in [-0.25, -0.2) is 9.78 Å². The van der Waals surface area contributed by atoms with Crippen molar-refractivity contribution in [2.75, 3.05) is 26.7 Å². The number of hydrogen-bond acceptors (Lipinski definition) is 6. The second-order valence-corrected chi connectivity index (χ2v) is 11.4. The maximum absolute atomic E-state index is 12.6. The van der Waals surface area contributed by atoms with Crippen molar-refractivity contribution < 1.29 is 14.4 Å². The van der Waals surface area contributed by atoms with Crippen molar-refractivity contribution in [3.8, 4) is 22.4 Å². The number of carbonyl (C=O) groups is 3. The van der Waals surface area contributed by atoms with Crippen molar-refractivity contribution in [3.05, 3.63) is 84.8 Å². The molecule has 11 heteroatoms. The molecule has 2 aliphatic heterocycles. The third-order valence-corrected chi connectivity index (χ3v) is 8.42. The van der Waals surface area contributed by atoms with E-state index in [0.717, 1.165) is 69.6 Å². The summed E-state index contributed by atoms with van der Waals surface area (Å²) in [5, 5.41) is 11.4. The first-order valence-corrected chi connectivity index (χ1v) is 15.0. The first-order valence-electron chi connectivity index (χ1n) is 15.0. The number of amides is 3. The predicted molar refractivity (Wildman–Crippen MR) is 175 cm³/mol. The summed E-state index contributed by atoms with van der Waals surface area (Å²) in [5.74, 6) is 0.979. The normalized spacial score (nSPS) is 18.4. The van der Waals surface area contributed by atoms with Gasteiger partial charge in [-0.15, -0.1) is 0 Å². The number of hydrogen-bond donors (Lipinski definition) is 5. The van der Waals surface area contributed by atoms with E-state index in [1.165, 1.54) is 4.90 Å². The number of benzene rings is 3. The van der Waals surface area contributed by atoms with E-state index in [1.807, 2.05) is 19.2 Å². The molecule has 0 bridgehead atoms.